The lowest BCUT2D eigenvalue weighted by Crippen LogP contribution is -2.23. The van der Waals surface area contributed by atoms with E-state index in [2.05, 4.69) is 9.73 Å². The van der Waals surface area contributed by atoms with Gasteiger partial charge in [-0.1, -0.05) is 18.2 Å². The van der Waals surface area contributed by atoms with Crippen molar-refractivity contribution in [3.05, 3.63) is 29.8 Å². The predicted octanol–water partition coefficient (Wildman–Crippen LogP) is 1.98. The summed E-state index contributed by atoms with van der Waals surface area (Å²) in [6.45, 7) is -0.0609. The fraction of sp³-hybridized carbons (Fsp3) is 0.222. The van der Waals surface area contributed by atoms with Crippen molar-refractivity contribution < 1.29 is 17.9 Å². The van der Waals surface area contributed by atoms with Crippen LogP contribution in [0.1, 0.15) is 5.56 Å². The Morgan fingerprint density at radius 1 is 1.24 bits per heavy atom. The summed E-state index contributed by atoms with van der Waals surface area (Å²) in [5, 5.41) is 0. The second-order valence-corrected chi connectivity index (χ2v) is 2.90. The Morgan fingerprint density at radius 3 is 2.35 bits per heavy atom. The lowest BCUT2D eigenvalue weighted by molar-refractivity contribution is -0.274. The third kappa shape index (κ3) is 6.19. The van der Waals surface area contributed by atoms with Gasteiger partial charge in [0.1, 0.15) is 5.75 Å². The Kier molecular flexibility index (Phi) is 6.07. The molecular formula is C9H11F3IN3O. The van der Waals surface area contributed by atoms with Gasteiger partial charge in [0, 0.05) is 5.56 Å². The SMILES string of the molecule is I.NC(N)=NCc1ccccc1OC(F)(F)F. The van der Waals surface area contributed by atoms with E-state index in [-0.39, 0.29) is 47.8 Å². The summed E-state index contributed by atoms with van der Waals surface area (Å²) in [6.07, 6.45) is -4.73. The Balaban J connectivity index is 0.00000256. The first-order chi connectivity index (χ1) is 7.38. The molecule has 0 saturated heterocycles. The number of hydrogen-bond donors (Lipinski definition) is 2. The van der Waals surface area contributed by atoms with Crippen LogP contribution in [0.15, 0.2) is 29.3 Å². The summed E-state index contributed by atoms with van der Waals surface area (Å²) >= 11 is 0. The van der Waals surface area contributed by atoms with E-state index in [4.69, 9.17) is 11.5 Å². The van der Waals surface area contributed by atoms with Gasteiger partial charge in [-0.25, -0.2) is 4.99 Å². The zero-order chi connectivity index (χ0) is 12.2. The van der Waals surface area contributed by atoms with Crippen molar-refractivity contribution in [1.29, 1.82) is 0 Å². The van der Waals surface area contributed by atoms with Gasteiger partial charge < -0.3 is 16.2 Å². The van der Waals surface area contributed by atoms with Crippen LogP contribution in [-0.2, 0) is 6.54 Å². The molecular weight excluding hydrogens is 350 g/mol. The van der Waals surface area contributed by atoms with Crippen LogP contribution >= 0.6 is 24.0 Å². The third-order valence-corrected chi connectivity index (χ3v) is 1.63. The number of ether oxygens (including phenoxy) is 1. The molecule has 96 valence electrons. The average Bonchev–Trinajstić information content (AvgIpc) is 2.14. The molecule has 0 fully saturated rings. The van der Waals surface area contributed by atoms with Crippen LogP contribution in [0.3, 0.4) is 0 Å². The van der Waals surface area contributed by atoms with Crippen LogP contribution in [0.5, 0.6) is 5.75 Å². The fourth-order valence-electron chi connectivity index (χ4n) is 1.04. The zero-order valence-corrected chi connectivity index (χ0v) is 10.9. The van der Waals surface area contributed by atoms with Gasteiger partial charge in [0.15, 0.2) is 5.96 Å². The van der Waals surface area contributed by atoms with E-state index in [9.17, 15) is 13.2 Å². The van der Waals surface area contributed by atoms with E-state index in [1.807, 2.05) is 0 Å². The van der Waals surface area contributed by atoms with Crippen LogP contribution in [0, 0.1) is 0 Å². The Labute approximate surface area is 113 Å². The number of hydrogen-bond acceptors (Lipinski definition) is 2. The molecule has 4 N–H and O–H groups in total. The van der Waals surface area contributed by atoms with Gasteiger partial charge in [-0.2, -0.15) is 0 Å². The number of aliphatic imine (C=N–C) groups is 1. The van der Waals surface area contributed by atoms with E-state index < -0.39 is 6.36 Å². The van der Waals surface area contributed by atoms with Crippen molar-refractivity contribution >= 4 is 29.9 Å². The highest BCUT2D eigenvalue weighted by Crippen LogP contribution is 2.26. The third-order valence-electron chi connectivity index (χ3n) is 1.63. The van der Waals surface area contributed by atoms with Crippen molar-refractivity contribution in [2.75, 3.05) is 0 Å². The van der Waals surface area contributed by atoms with Crippen LogP contribution in [0.25, 0.3) is 0 Å². The molecule has 0 heterocycles. The van der Waals surface area contributed by atoms with Crippen LogP contribution in [-0.4, -0.2) is 12.3 Å². The molecule has 8 heteroatoms. The van der Waals surface area contributed by atoms with Gasteiger partial charge in [0.05, 0.1) is 6.54 Å². The minimum absolute atomic E-state index is 0. The first-order valence-corrected chi connectivity index (χ1v) is 4.27. The molecule has 0 aliphatic heterocycles. The van der Waals surface area contributed by atoms with Gasteiger partial charge in [-0.15, -0.1) is 37.1 Å². The quantitative estimate of drug-likeness (QED) is 0.491. The number of nitrogens with two attached hydrogens (primary N) is 2. The summed E-state index contributed by atoms with van der Waals surface area (Å²) in [4.78, 5) is 3.61. The Bertz CT molecular complexity index is 391. The highest BCUT2D eigenvalue weighted by Gasteiger charge is 2.31. The molecule has 0 atom stereocenters. The Morgan fingerprint density at radius 2 is 1.82 bits per heavy atom. The summed E-state index contributed by atoms with van der Waals surface area (Å²) in [5.74, 6) is -0.498. The highest BCUT2D eigenvalue weighted by molar-refractivity contribution is 14.0. The molecule has 0 radical (unpaired) electrons. The molecule has 1 aromatic rings. The van der Waals surface area contributed by atoms with E-state index in [0.29, 0.717) is 0 Å². The van der Waals surface area contributed by atoms with Crippen molar-refractivity contribution in [2.24, 2.45) is 16.5 Å². The van der Waals surface area contributed by atoms with Crippen LogP contribution in [0.4, 0.5) is 13.2 Å². The predicted molar refractivity (Wildman–Crippen MR) is 68.1 cm³/mol. The monoisotopic (exact) mass is 361 g/mol. The molecule has 0 aliphatic rings. The molecule has 0 saturated carbocycles. The topological polar surface area (TPSA) is 73.6 Å². The average molecular weight is 361 g/mol. The highest BCUT2D eigenvalue weighted by atomic mass is 127. The molecule has 4 nitrogen and oxygen atoms in total. The molecule has 0 bridgehead atoms. The summed E-state index contributed by atoms with van der Waals surface area (Å²) in [6, 6.07) is 5.65. The normalized spacial score (nSPS) is 10.3. The van der Waals surface area contributed by atoms with E-state index in [1.165, 1.54) is 18.2 Å². The number of para-hydroxylation sites is 1. The van der Waals surface area contributed by atoms with Crippen molar-refractivity contribution in [1.82, 2.24) is 0 Å². The van der Waals surface area contributed by atoms with E-state index in [0.717, 1.165) is 0 Å². The Hall–Kier alpha value is -1.19. The van der Waals surface area contributed by atoms with Gasteiger partial charge in [-0.3, -0.25) is 0 Å². The standard InChI is InChI=1S/C9H10F3N3O.HI/c10-9(11,12)16-7-4-2-1-3-6(7)5-15-8(13)14;/h1-4H,5H2,(H4,13,14,15);1H. The smallest absolute Gasteiger partial charge is 0.405 e. The first kappa shape index (κ1) is 15.8. The molecule has 0 spiro atoms. The number of rotatable bonds is 3. The summed E-state index contributed by atoms with van der Waals surface area (Å²) < 4.78 is 39.9. The van der Waals surface area contributed by atoms with Crippen molar-refractivity contribution in [3.8, 4) is 5.75 Å². The maximum Gasteiger partial charge on any atom is 0.573 e. The lowest BCUT2D eigenvalue weighted by Gasteiger charge is -2.11. The van der Waals surface area contributed by atoms with Gasteiger partial charge in [0.2, 0.25) is 0 Å². The number of guanidine groups is 1. The summed E-state index contributed by atoms with van der Waals surface area (Å²) in [7, 11) is 0. The largest absolute Gasteiger partial charge is 0.573 e. The van der Waals surface area contributed by atoms with E-state index in [1.54, 1.807) is 6.07 Å². The number of halogens is 4. The lowest BCUT2D eigenvalue weighted by atomic mass is 10.2. The maximum atomic E-state index is 12.0. The second-order valence-electron chi connectivity index (χ2n) is 2.90. The van der Waals surface area contributed by atoms with Crippen molar-refractivity contribution in [3.63, 3.8) is 0 Å². The molecule has 1 rings (SSSR count). The van der Waals surface area contributed by atoms with Gasteiger partial charge in [0.25, 0.3) is 0 Å². The van der Waals surface area contributed by atoms with Crippen LogP contribution < -0.4 is 16.2 Å². The van der Waals surface area contributed by atoms with Crippen molar-refractivity contribution in [2.45, 2.75) is 12.9 Å². The minimum atomic E-state index is -4.73. The molecule has 1 aromatic carbocycles. The fourth-order valence-corrected chi connectivity index (χ4v) is 1.04. The maximum absolute atomic E-state index is 12.0. The molecule has 0 aliphatic carbocycles. The number of alkyl halides is 3. The molecule has 0 aromatic heterocycles. The van der Waals surface area contributed by atoms with Crippen LogP contribution in [0.2, 0.25) is 0 Å². The molecule has 0 amide bonds. The second kappa shape index (κ2) is 6.52. The van der Waals surface area contributed by atoms with Gasteiger partial charge >= 0.3 is 6.36 Å². The minimum Gasteiger partial charge on any atom is -0.405 e. The number of benzene rings is 1. The molecule has 17 heavy (non-hydrogen) atoms. The van der Waals surface area contributed by atoms with Gasteiger partial charge in [-0.05, 0) is 6.07 Å². The summed E-state index contributed by atoms with van der Waals surface area (Å²) in [5.41, 5.74) is 10.4. The zero-order valence-electron chi connectivity index (χ0n) is 8.57. The van der Waals surface area contributed by atoms with E-state index >= 15 is 0 Å². The first-order valence-electron chi connectivity index (χ1n) is 4.27. The number of nitrogens with zero attached hydrogens (tertiary/aromatic N) is 1. The molecule has 0 unspecified atom stereocenters.